The predicted octanol–water partition coefficient (Wildman–Crippen LogP) is 1.40. The summed E-state index contributed by atoms with van der Waals surface area (Å²) >= 11 is 5.91. The number of nitrogens with zero attached hydrogens (tertiary/aromatic N) is 2. The van der Waals surface area contributed by atoms with Crippen LogP contribution in [0.25, 0.3) is 0 Å². The standard InChI is InChI=1S/C14H21ClN2O3S/c1-16-6-5-11(8-16)9-17(2)21(19,20)13-3-4-14(15)12(7-13)10-18/h3-4,7,11,18H,5-6,8-10H2,1-2H3. The molecule has 0 bridgehead atoms. The number of halogens is 1. The quantitative estimate of drug-likeness (QED) is 0.885. The van der Waals surface area contributed by atoms with Crippen molar-refractivity contribution < 1.29 is 13.5 Å². The van der Waals surface area contributed by atoms with Gasteiger partial charge in [-0.05, 0) is 49.7 Å². The molecule has 118 valence electrons. The SMILES string of the molecule is CN1CCC(CN(C)S(=O)(=O)c2ccc(Cl)c(CO)c2)C1. The molecule has 0 aliphatic carbocycles. The second-order valence-electron chi connectivity index (χ2n) is 5.61. The number of hydrogen-bond donors (Lipinski definition) is 1. The van der Waals surface area contributed by atoms with Gasteiger partial charge in [0.1, 0.15) is 0 Å². The van der Waals surface area contributed by atoms with Crippen molar-refractivity contribution in [3.63, 3.8) is 0 Å². The lowest BCUT2D eigenvalue weighted by molar-refractivity contribution is 0.281. The molecule has 1 unspecified atom stereocenters. The molecule has 1 aromatic rings. The first-order valence-electron chi connectivity index (χ1n) is 6.88. The number of sulfonamides is 1. The van der Waals surface area contributed by atoms with Crippen LogP contribution in [0.2, 0.25) is 5.02 Å². The number of rotatable bonds is 5. The van der Waals surface area contributed by atoms with Gasteiger partial charge in [0, 0.05) is 25.2 Å². The highest BCUT2D eigenvalue weighted by Gasteiger charge is 2.27. The van der Waals surface area contributed by atoms with Gasteiger partial charge >= 0.3 is 0 Å². The highest BCUT2D eigenvalue weighted by molar-refractivity contribution is 7.89. The highest BCUT2D eigenvalue weighted by atomic mass is 35.5. The third-order valence-electron chi connectivity index (χ3n) is 3.90. The third-order valence-corrected chi connectivity index (χ3v) is 6.09. The Morgan fingerprint density at radius 1 is 1.48 bits per heavy atom. The van der Waals surface area contributed by atoms with Gasteiger partial charge in [0.2, 0.25) is 10.0 Å². The Labute approximate surface area is 131 Å². The van der Waals surface area contributed by atoms with Crippen LogP contribution in [0, 0.1) is 5.92 Å². The van der Waals surface area contributed by atoms with Gasteiger partial charge in [0.25, 0.3) is 0 Å². The predicted molar refractivity (Wildman–Crippen MR) is 82.8 cm³/mol. The molecule has 1 fully saturated rings. The van der Waals surface area contributed by atoms with Crippen molar-refractivity contribution in [1.82, 2.24) is 9.21 Å². The van der Waals surface area contributed by atoms with Crippen LogP contribution in [-0.4, -0.2) is 56.5 Å². The zero-order valence-electron chi connectivity index (χ0n) is 12.3. The molecule has 0 aromatic heterocycles. The molecule has 21 heavy (non-hydrogen) atoms. The normalized spacial score (nSPS) is 20.3. The molecule has 5 nitrogen and oxygen atoms in total. The minimum Gasteiger partial charge on any atom is -0.392 e. The van der Waals surface area contributed by atoms with Gasteiger partial charge in [-0.2, -0.15) is 0 Å². The monoisotopic (exact) mass is 332 g/mol. The summed E-state index contributed by atoms with van der Waals surface area (Å²) in [4.78, 5) is 2.38. The van der Waals surface area contributed by atoms with Crippen molar-refractivity contribution in [3.8, 4) is 0 Å². The van der Waals surface area contributed by atoms with Crippen molar-refractivity contribution >= 4 is 21.6 Å². The molecule has 1 aliphatic rings. The average Bonchev–Trinajstić information content (AvgIpc) is 2.84. The Bertz CT molecular complexity index is 606. The van der Waals surface area contributed by atoms with Crippen LogP contribution in [-0.2, 0) is 16.6 Å². The van der Waals surface area contributed by atoms with E-state index in [1.165, 1.54) is 22.5 Å². The zero-order valence-corrected chi connectivity index (χ0v) is 13.9. The smallest absolute Gasteiger partial charge is 0.242 e. The molecular weight excluding hydrogens is 312 g/mol. The Morgan fingerprint density at radius 2 is 2.19 bits per heavy atom. The second-order valence-corrected chi connectivity index (χ2v) is 8.07. The molecule has 7 heteroatoms. The van der Waals surface area contributed by atoms with Crippen LogP contribution < -0.4 is 0 Å². The summed E-state index contributed by atoms with van der Waals surface area (Å²) in [6, 6.07) is 4.43. The fraction of sp³-hybridized carbons (Fsp3) is 0.571. The number of likely N-dealkylation sites (tertiary alicyclic amines) is 1. The van der Waals surface area contributed by atoms with E-state index in [0.717, 1.165) is 19.5 Å². The van der Waals surface area contributed by atoms with Gasteiger partial charge in [0.05, 0.1) is 11.5 Å². The Kier molecular flexibility index (Phi) is 5.27. The fourth-order valence-corrected chi connectivity index (χ4v) is 4.13. The Balaban J connectivity index is 2.17. The van der Waals surface area contributed by atoms with Crippen LogP contribution >= 0.6 is 11.6 Å². The van der Waals surface area contributed by atoms with E-state index in [4.69, 9.17) is 11.6 Å². The topological polar surface area (TPSA) is 60.9 Å². The molecule has 1 aliphatic heterocycles. The number of benzene rings is 1. The van der Waals surface area contributed by atoms with Gasteiger partial charge in [-0.1, -0.05) is 11.6 Å². The van der Waals surface area contributed by atoms with Gasteiger partial charge in [0.15, 0.2) is 0 Å². The van der Waals surface area contributed by atoms with Crippen LogP contribution in [0.3, 0.4) is 0 Å². The molecule has 2 rings (SSSR count). The molecule has 1 N–H and O–H groups in total. The van der Waals surface area contributed by atoms with Crippen LogP contribution in [0.15, 0.2) is 23.1 Å². The Hall–Kier alpha value is -0.660. The largest absolute Gasteiger partial charge is 0.392 e. The average molecular weight is 333 g/mol. The van der Waals surface area contributed by atoms with E-state index < -0.39 is 10.0 Å². The van der Waals surface area contributed by atoms with E-state index >= 15 is 0 Å². The van der Waals surface area contributed by atoms with Gasteiger partial charge < -0.3 is 10.0 Å². The van der Waals surface area contributed by atoms with Crippen LogP contribution in [0.1, 0.15) is 12.0 Å². The summed E-state index contributed by atoms with van der Waals surface area (Å²) in [6.45, 7) is 2.15. The van der Waals surface area contributed by atoms with E-state index in [0.29, 0.717) is 23.0 Å². The van der Waals surface area contributed by atoms with E-state index in [2.05, 4.69) is 4.90 Å². The van der Waals surface area contributed by atoms with Gasteiger partial charge in [-0.15, -0.1) is 0 Å². The maximum atomic E-state index is 12.6. The summed E-state index contributed by atoms with van der Waals surface area (Å²) in [5.74, 6) is 0.361. The molecule has 0 amide bonds. The van der Waals surface area contributed by atoms with Crippen molar-refractivity contribution in [3.05, 3.63) is 28.8 Å². The van der Waals surface area contributed by atoms with E-state index in [-0.39, 0.29) is 11.5 Å². The van der Waals surface area contributed by atoms with Crippen molar-refractivity contribution in [2.75, 3.05) is 33.7 Å². The zero-order chi connectivity index (χ0) is 15.6. The van der Waals surface area contributed by atoms with Crippen molar-refractivity contribution in [2.45, 2.75) is 17.9 Å². The molecule has 1 atom stereocenters. The van der Waals surface area contributed by atoms with E-state index in [1.807, 2.05) is 7.05 Å². The molecule has 0 radical (unpaired) electrons. The minimum absolute atomic E-state index is 0.171. The second kappa shape index (κ2) is 6.62. The first-order valence-corrected chi connectivity index (χ1v) is 8.70. The van der Waals surface area contributed by atoms with Crippen molar-refractivity contribution in [1.29, 1.82) is 0 Å². The van der Waals surface area contributed by atoms with E-state index in [9.17, 15) is 13.5 Å². The lowest BCUT2D eigenvalue weighted by Crippen LogP contribution is -2.33. The van der Waals surface area contributed by atoms with Gasteiger partial charge in [-0.25, -0.2) is 12.7 Å². The summed E-state index contributed by atoms with van der Waals surface area (Å²) in [5, 5.41) is 9.58. The summed E-state index contributed by atoms with van der Waals surface area (Å²) in [6.07, 6.45) is 1.01. The van der Waals surface area contributed by atoms with Crippen molar-refractivity contribution in [2.24, 2.45) is 5.92 Å². The first-order chi connectivity index (χ1) is 9.84. The third kappa shape index (κ3) is 3.76. The van der Waals surface area contributed by atoms with E-state index in [1.54, 1.807) is 7.05 Å². The molecule has 0 spiro atoms. The lowest BCUT2D eigenvalue weighted by atomic mass is 10.1. The maximum Gasteiger partial charge on any atom is 0.242 e. The number of aliphatic hydroxyl groups excluding tert-OH is 1. The lowest BCUT2D eigenvalue weighted by Gasteiger charge is -2.21. The number of aliphatic hydroxyl groups is 1. The van der Waals surface area contributed by atoms with Crippen LogP contribution in [0.5, 0.6) is 0 Å². The van der Waals surface area contributed by atoms with Crippen LogP contribution in [0.4, 0.5) is 0 Å². The minimum atomic E-state index is -3.55. The first kappa shape index (κ1) is 16.7. The molecule has 1 saturated heterocycles. The summed E-state index contributed by atoms with van der Waals surface area (Å²) in [7, 11) is 0.0927. The highest BCUT2D eigenvalue weighted by Crippen LogP contribution is 2.24. The fourth-order valence-electron chi connectivity index (χ4n) is 2.65. The molecule has 0 saturated carbocycles. The molecular formula is C14H21ClN2O3S. The maximum absolute atomic E-state index is 12.6. The molecule has 1 heterocycles. The number of hydrogen-bond acceptors (Lipinski definition) is 4. The summed E-state index contributed by atoms with van der Waals surface area (Å²) < 4.78 is 26.5. The van der Waals surface area contributed by atoms with Gasteiger partial charge in [-0.3, -0.25) is 0 Å². The Morgan fingerprint density at radius 3 is 2.76 bits per heavy atom. The summed E-state index contributed by atoms with van der Waals surface area (Å²) in [5.41, 5.74) is 0.423. The molecule has 1 aromatic carbocycles.